The zero-order valence-corrected chi connectivity index (χ0v) is 22.0. The van der Waals surface area contributed by atoms with Crippen molar-refractivity contribution in [1.29, 1.82) is 0 Å². The zero-order valence-electron chi connectivity index (χ0n) is 22.0. The fraction of sp³-hybridized carbons (Fsp3) is 0.407. The van der Waals surface area contributed by atoms with E-state index in [1.165, 1.54) is 13.0 Å². The summed E-state index contributed by atoms with van der Waals surface area (Å²) in [5.74, 6) is -1.43. The number of nitrogens with zero attached hydrogens (tertiary/aromatic N) is 3. The molecule has 39 heavy (non-hydrogen) atoms. The van der Waals surface area contributed by atoms with Crippen molar-refractivity contribution in [2.24, 2.45) is 0 Å². The number of ether oxygens (including phenoxy) is 2. The van der Waals surface area contributed by atoms with E-state index in [1.807, 2.05) is 20.8 Å². The van der Waals surface area contributed by atoms with Crippen LogP contribution in [0.4, 0.5) is 13.2 Å². The van der Waals surface area contributed by atoms with Crippen LogP contribution in [0.15, 0.2) is 42.5 Å². The van der Waals surface area contributed by atoms with E-state index in [2.05, 4.69) is 16.8 Å². The number of aromatic nitrogens is 3. The molecule has 1 aromatic heterocycles. The van der Waals surface area contributed by atoms with Gasteiger partial charge in [0, 0.05) is 17.6 Å². The Balaban J connectivity index is 1.79. The first-order chi connectivity index (χ1) is 18.1. The number of aryl methyl sites for hydroxylation is 1. The van der Waals surface area contributed by atoms with Crippen LogP contribution in [0.2, 0.25) is 0 Å². The lowest BCUT2D eigenvalue weighted by Gasteiger charge is -2.23. The third-order valence-corrected chi connectivity index (χ3v) is 5.69. The van der Waals surface area contributed by atoms with E-state index in [0.717, 1.165) is 16.9 Å². The highest BCUT2D eigenvalue weighted by Crippen LogP contribution is 2.37. The second kappa shape index (κ2) is 11.4. The summed E-state index contributed by atoms with van der Waals surface area (Å²) in [4.78, 5) is 24.7. The maximum atomic E-state index is 13.1. The van der Waals surface area contributed by atoms with Gasteiger partial charge in [-0.2, -0.15) is 13.2 Å². The minimum atomic E-state index is -4.54. The van der Waals surface area contributed by atoms with Crippen LogP contribution in [0.5, 0.6) is 5.75 Å². The van der Waals surface area contributed by atoms with Crippen LogP contribution >= 0.6 is 0 Å². The number of alkyl halides is 3. The second-order valence-corrected chi connectivity index (χ2v) is 10.2. The molecule has 0 saturated carbocycles. The summed E-state index contributed by atoms with van der Waals surface area (Å²) in [6.45, 7) is 9.77. The molecule has 0 spiro atoms. The molecule has 1 heterocycles. The summed E-state index contributed by atoms with van der Waals surface area (Å²) in [5, 5.41) is 29.3. The fourth-order valence-electron chi connectivity index (χ4n) is 3.60. The van der Waals surface area contributed by atoms with Crippen LogP contribution in [0.3, 0.4) is 0 Å². The number of benzene rings is 2. The fourth-order valence-corrected chi connectivity index (χ4v) is 3.60. The average Bonchev–Trinajstić information content (AvgIpc) is 3.27. The number of halogens is 3. The van der Waals surface area contributed by atoms with Crippen LogP contribution in [-0.4, -0.2) is 56.5 Å². The Morgan fingerprint density at radius 2 is 1.69 bits per heavy atom. The Hall–Kier alpha value is -3.93. The molecule has 2 aromatic carbocycles. The highest BCUT2D eigenvalue weighted by atomic mass is 19.4. The Kier molecular flexibility index (Phi) is 8.69. The highest BCUT2D eigenvalue weighted by Gasteiger charge is 2.31. The van der Waals surface area contributed by atoms with E-state index in [1.54, 1.807) is 12.1 Å². The zero-order chi connectivity index (χ0) is 29.1. The van der Waals surface area contributed by atoms with E-state index in [4.69, 9.17) is 9.47 Å². The lowest BCUT2D eigenvalue weighted by molar-refractivity contribution is -0.150. The summed E-state index contributed by atoms with van der Waals surface area (Å²) in [5.41, 5.74) is 0.277. The first-order valence-corrected chi connectivity index (χ1v) is 12.0. The molecule has 0 bridgehead atoms. The first kappa shape index (κ1) is 29.6. The Labute approximate surface area is 222 Å². The molecule has 3 aromatic rings. The summed E-state index contributed by atoms with van der Waals surface area (Å²) >= 11 is 0. The summed E-state index contributed by atoms with van der Waals surface area (Å²) in [7, 11) is 0. The van der Waals surface area contributed by atoms with Gasteiger partial charge in [-0.3, -0.25) is 4.79 Å². The molecule has 0 aliphatic heterocycles. The van der Waals surface area contributed by atoms with Crippen LogP contribution in [-0.2, 0) is 37.1 Å². The number of rotatable bonds is 9. The van der Waals surface area contributed by atoms with E-state index in [9.17, 15) is 33.0 Å². The standard InChI is InChI=1S/C27H30F3N3O6/c1-15(2)25(37)39-14-18(34)13-38-23(35)9-6-16-10-19(26(3,4)5)24(36)22(11-16)33-31-20-8-7-17(27(28,29)30)12-21(20)32-33/h7-8,10-12,18,34,36H,1,6,9,13-14H2,2-5H3. The molecule has 2 N–H and O–H groups in total. The number of aliphatic hydroxyl groups excluding tert-OH is 1. The molecular weight excluding hydrogens is 519 g/mol. The summed E-state index contributed by atoms with van der Waals surface area (Å²) in [6.07, 6.45) is -5.63. The van der Waals surface area contributed by atoms with Crippen molar-refractivity contribution in [1.82, 2.24) is 15.0 Å². The van der Waals surface area contributed by atoms with Crippen LogP contribution in [0.25, 0.3) is 16.7 Å². The van der Waals surface area contributed by atoms with Gasteiger partial charge in [0.25, 0.3) is 0 Å². The molecule has 0 saturated heterocycles. The molecule has 0 fully saturated rings. The molecule has 12 heteroatoms. The number of phenolic OH excluding ortho intramolecular Hbond substituents is 1. The molecule has 1 atom stereocenters. The van der Waals surface area contributed by atoms with E-state index in [-0.39, 0.29) is 54.1 Å². The summed E-state index contributed by atoms with van der Waals surface area (Å²) in [6, 6.07) is 6.27. The number of carbonyl (C=O) groups is 2. The van der Waals surface area contributed by atoms with Gasteiger partial charge >= 0.3 is 18.1 Å². The second-order valence-electron chi connectivity index (χ2n) is 10.2. The monoisotopic (exact) mass is 549 g/mol. The van der Waals surface area contributed by atoms with Crippen molar-refractivity contribution in [3.63, 3.8) is 0 Å². The van der Waals surface area contributed by atoms with Gasteiger partial charge in [0.05, 0.1) is 5.56 Å². The van der Waals surface area contributed by atoms with E-state index in [0.29, 0.717) is 11.1 Å². The van der Waals surface area contributed by atoms with Gasteiger partial charge in [-0.05, 0) is 48.6 Å². The number of aliphatic hydroxyl groups is 1. The van der Waals surface area contributed by atoms with Gasteiger partial charge in [-0.1, -0.05) is 33.4 Å². The van der Waals surface area contributed by atoms with Gasteiger partial charge in [-0.15, -0.1) is 15.0 Å². The number of fused-ring (bicyclic) bond motifs is 1. The maximum Gasteiger partial charge on any atom is 0.416 e. The molecular formula is C27H30F3N3O6. The van der Waals surface area contributed by atoms with Crippen LogP contribution in [0, 0.1) is 0 Å². The van der Waals surface area contributed by atoms with Crippen molar-refractivity contribution in [2.75, 3.05) is 13.2 Å². The topological polar surface area (TPSA) is 124 Å². The molecule has 9 nitrogen and oxygen atoms in total. The minimum absolute atomic E-state index is 0.00278. The summed E-state index contributed by atoms with van der Waals surface area (Å²) < 4.78 is 49.2. The number of carbonyl (C=O) groups excluding carboxylic acids is 2. The van der Waals surface area contributed by atoms with Gasteiger partial charge < -0.3 is 19.7 Å². The molecule has 0 amide bonds. The number of hydrogen-bond donors (Lipinski definition) is 2. The van der Waals surface area contributed by atoms with Crippen molar-refractivity contribution in [3.05, 3.63) is 59.2 Å². The molecule has 0 aliphatic carbocycles. The van der Waals surface area contributed by atoms with Crippen molar-refractivity contribution in [2.45, 2.75) is 58.2 Å². The van der Waals surface area contributed by atoms with Gasteiger partial charge in [0.15, 0.2) is 0 Å². The normalized spacial score (nSPS) is 12.8. The first-order valence-electron chi connectivity index (χ1n) is 12.0. The molecule has 0 radical (unpaired) electrons. The molecule has 0 aliphatic rings. The van der Waals surface area contributed by atoms with Crippen LogP contribution in [0.1, 0.15) is 50.8 Å². The number of hydrogen-bond acceptors (Lipinski definition) is 8. The lowest BCUT2D eigenvalue weighted by Crippen LogP contribution is -2.25. The minimum Gasteiger partial charge on any atom is -0.505 e. The van der Waals surface area contributed by atoms with Gasteiger partial charge in [0.1, 0.15) is 41.8 Å². The smallest absolute Gasteiger partial charge is 0.416 e. The van der Waals surface area contributed by atoms with Gasteiger partial charge in [-0.25, -0.2) is 4.79 Å². The molecule has 210 valence electrons. The van der Waals surface area contributed by atoms with Crippen molar-refractivity contribution >= 4 is 23.0 Å². The van der Waals surface area contributed by atoms with E-state index >= 15 is 0 Å². The SMILES string of the molecule is C=C(C)C(=O)OCC(O)COC(=O)CCc1cc(-n2nc3ccc(C(F)(F)F)cc3n2)c(O)c(C(C)(C)C)c1. The number of phenols is 1. The third kappa shape index (κ3) is 7.56. The Morgan fingerprint density at radius 3 is 2.31 bits per heavy atom. The predicted molar refractivity (Wildman–Crippen MR) is 135 cm³/mol. The largest absolute Gasteiger partial charge is 0.505 e. The lowest BCUT2D eigenvalue weighted by atomic mass is 9.84. The number of aromatic hydroxyl groups is 1. The van der Waals surface area contributed by atoms with Gasteiger partial charge in [0.2, 0.25) is 0 Å². The average molecular weight is 550 g/mol. The maximum absolute atomic E-state index is 13.1. The van der Waals surface area contributed by atoms with Crippen molar-refractivity contribution in [3.8, 4) is 11.4 Å². The third-order valence-electron chi connectivity index (χ3n) is 5.69. The number of esters is 2. The van der Waals surface area contributed by atoms with E-state index < -0.39 is 35.2 Å². The molecule has 3 rings (SSSR count). The Bertz CT molecular complexity index is 1390. The molecule has 1 unspecified atom stereocenters. The quantitative estimate of drug-likeness (QED) is 0.297. The van der Waals surface area contributed by atoms with Crippen LogP contribution < -0.4 is 0 Å². The Morgan fingerprint density at radius 1 is 1.05 bits per heavy atom. The van der Waals surface area contributed by atoms with Crippen molar-refractivity contribution < 1.29 is 42.4 Å². The highest BCUT2D eigenvalue weighted by molar-refractivity contribution is 5.86. The predicted octanol–water partition coefficient (Wildman–Crippen LogP) is 4.40.